The van der Waals surface area contributed by atoms with Crippen LogP contribution in [0, 0.1) is 0 Å². The number of benzene rings is 3. The Hall–Kier alpha value is -4.04. The summed E-state index contributed by atoms with van der Waals surface area (Å²) < 4.78 is 27.8. The van der Waals surface area contributed by atoms with Gasteiger partial charge in [-0.05, 0) is 48.2 Å². The van der Waals surface area contributed by atoms with Crippen LogP contribution in [0.5, 0.6) is 28.7 Å². The van der Waals surface area contributed by atoms with Gasteiger partial charge in [0.1, 0.15) is 0 Å². The summed E-state index contributed by atoms with van der Waals surface area (Å²) >= 11 is 6.75. The van der Waals surface area contributed by atoms with E-state index < -0.39 is 6.04 Å². The molecule has 8 nitrogen and oxygen atoms in total. The first kappa shape index (κ1) is 24.3. The van der Waals surface area contributed by atoms with Crippen LogP contribution in [0.1, 0.15) is 35.9 Å². The van der Waals surface area contributed by atoms with Crippen LogP contribution in [0.25, 0.3) is 0 Å². The molecule has 0 bridgehead atoms. The molecule has 0 amide bonds. The van der Waals surface area contributed by atoms with E-state index in [2.05, 4.69) is 10.6 Å². The molecule has 0 aromatic heterocycles. The van der Waals surface area contributed by atoms with E-state index in [0.717, 1.165) is 28.2 Å². The van der Waals surface area contributed by atoms with Gasteiger partial charge in [0.05, 0.1) is 43.8 Å². The van der Waals surface area contributed by atoms with Crippen LogP contribution in [-0.2, 0) is 4.79 Å². The maximum atomic E-state index is 14.0. The molecule has 0 saturated carbocycles. The third-order valence-electron chi connectivity index (χ3n) is 7.27. The van der Waals surface area contributed by atoms with Gasteiger partial charge in [0.15, 0.2) is 28.8 Å². The Balaban J connectivity index is 1.46. The van der Waals surface area contributed by atoms with Gasteiger partial charge in [-0.3, -0.25) is 4.79 Å². The molecule has 0 unspecified atom stereocenters. The fourth-order valence-corrected chi connectivity index (χ4v) is 5.72. The lowest BCUT2D eigenvalue weighted by atomic mass is 9.78. The highest BCUT2D eigenvalue weighted by atomic mass is 35.5. The average molecular weight is 535 g/mol. The van der Waals surface area contributed by atoms with E-state index in [9.17, 15) is 4.79 Å². The van der Waals surface area contributed by atoms with Gasteiger partial charge in [0.25, 0.3) is 0 Å². The summed E-state index contributed by atoms with van der Waals surface area (Å²) in [6.07, 6.45) is 0.921. The molecular formula is C29H27ClN2O6. The van der Waals surface area contributed by atoms with Crippen molar-refractivity contribution in [2.45, 2.75) is 24.8 Å². The van der Waals surface area contributed by atoms with Gasteiger partial charge in [-0.1, -0.05) is 23.7 Å². The van der Waals surface area contributed by atoms with Crippen LogP contribution in [0.3, 0.4) is 0 Å². The number of fused-ring (bicyclic) bond motifs is 2. The van der Waals surface area contributed by atoms with Gasteiger partial charge in [-0.25, -0.2) is 0 Å². The van der Waals surface area contributed by atoms with Crippen molar-refractivity contribution < 1.29 is 28.5 Å². The number of Topliss-reactive ketones (excluding diaryl/α,β-unsaturated/α-hetero) is 1. The van der Waals surface area contributed by atoms with Crippen LogP contribution >= 0.6 is 11.6 Å². The fraction of sp³-hybridized carbons (Fsp3) is 0.276. The number of para-hydroxylation sites is 2. The lowest BCUT2D eigenvalue weighted by molar-refractivity contribution is -0.116. The van der Waals surface area contributed by atoms with Crippen LogP contribution in [0.15, 0.2) is 59.8 Å². The number of rotatable bonds is 5. The Bertz CT molecular complexity index is 1440. The van der Waals surface area contributed by atoms with E-state index in [4.69, 9.17) is 35.3 Å². The second kappa shape index (κ2) is 9.68. The average Bonchev–Trinajstić information content (AvgIpc) is 3.31. The number of hydrogen-bond donors (Lipinski definition) is 2. The second-order valence-electron chi connectivity index (χ2n) is 9.35. The van der Waals surface area contributed by atoms with Crippen LogP contribution in [0.2, 0.25) is 5.02 Å². The van der Waals surface area contributed by atoms with Crippen molar-refractivity contribution in [1.29, 1.82) is 0 Å². The summed E-state index contributed by atoms with van der Waals surface area (Å²) in [5.74, 6) is 2.76. The molecular weight excluding hydrogens is 508 g/mol. The summed E-state index contributed by atoms with van der Waals surface area (Å²) in [6.45, 7) is 0.140. The van der Waals surface area contributed by atoms with Crippen LogP contribution in [0.4, 0.5) is 11.4 Å². The van der Waals surface area contributed by atoms with Gasteiger partial charge in [0, 0.05) is 29.3 Å². The molecule has 3 aliphatic rings. The zero-order chi connectivity index (χ0) is 26.4. The van der Waals surface area contributed by atoms with Crippen molar-refractivity contribution in [2.24, 2.45) is 0 Å². The number of ketones is 1. The maximum Gasteiger partial charge on any atom is 0.231 e. The highest BCUT2D eigenvalue weighted by Crippen LogP contribution is 2.49. The van der Waals surface area contributed by atoms with Crippen molar-refractivity contribution in [3.05, 3.63) is 76.0 Å². The topological polar surface area (TPSA) is 87.3 Å². The minimum absolute atomic E-state index is 0.0246. The first-order valence-corrected chi connectivity index (χ1v) is 12.7. The van der Waals surface area contributed by atoms with Gasteiger partial charge in [0.2, 0.25) is 12.5 Å². The van der Waals surface area contributed by atoms with E-state index >= 15 is 0 Å². The Morgan fingerprint density at radius 3 is 2.26 bits per heavy atom. The van der Waals surface area contributed by atoms with Crippen LogP contribution in [-0.4, -0.2) is 33.9 Å². The molecule has 0 saturated heterocycles. The number of halogens is 1. The van der Waals surface area contributed by atoms with Gasteiger partial charge in [-0.15, -0.1) is 0 Å². The third kappa shape index (κ3) is 4.05. The number of methoxy groups -OCH3 is 3. The standard InChI is InChI=1S/C29H27ClN2O6/c1-34-25-10-16(11-26(35-2)29(25)36-3)15-8-21-27(22(33)9-15)28(32-20-7-5-4-6-19(20)31-21)17-12-23-24(13-18(17)30)38-14-37-23/h4-7,10-13,15,28,31-32H,8-9,14H2,1-3H3/t15-,28-/m1/s1. The Morgan fingerprint density at radius 2 is 1.58 bits per heavy atom. The molecule has 0 radical (unpaired) electrons. The predicted octanol–water partition coefficient (Wildman–Crippen LogP) is 6.07. The lowest BCUT2D eigenvalue weighted by Crippen LogP contribution is -2.27. The van der Waals surface area contributed by atoms with E-state index in [1.807, 2.05) is 42.5 Å². The zero-order valence-electron chi connectivity index (χ0n) is 21.2. The molecule has 2 N–H and O–H groups in total. The molecule has 3 aromatic carbocycles. The van der Waals surface area contributed by atoms with Crippen molar-refractivity contribution in [3.63, 3.8) is 0 Å². The fourth-order valence-electron chi connectivity index (χ4n) is 5.45. The summed E-state index contributed by atoms with van der Waals surface area (Å²) in [6, 6.07) is 14.9. The molecule has 2 atom stereocenters. The lowest BCUT2D eigenvalue weighted by Gasteiger charge is -2.30. The molecule has 196 valence electrons. The Kier molecular flexibility index (Phi) is 6.19. The number of anilines is 2. The largest absolute Gasteiger partial charge is 0.493 e. The third-order valence-corrected chi connectivity index (χ3v) is 7.60. The summed E-state index contributed by atoms with van der Waals surface area (Å²) in [5.41, 5.74) is 4.95. The quantitative estimate of drug-likeness (QED) is 0.407. The zero-order valence-corrected chi connectivity index (χ0v) is 22.0. The SMILES string of the molecule is COc1cc([C@H]2CC(=O)C3=C(C2)Nc2ccccc2N[C@@H]3c2cc3c(cc2Cl)OCO3)cc(OC)c1OC. The summed E-state index contributed by atoms with van der Waals surface area (Å²) in [5, 5.41) is 7.62. The molecule has 0 spiro atoms. The molecule has 6 rings (SSSR count). The summed E-state index contributed by atoms with van der Waals surface area (Å²) in [4.78, 5) is 14.0. The normalized spacial score (nSPS) is 19.5. The van der Waals surface area contributed by atoms with Gasteiger partial charge >= 0.3 is 0 Å². The smallest absolute Gasteiger partial charge is 0.231 e. The van der Waals surface area contributed by atoms with E-state index in [1.54, 1.807) is 27.4 Å². The second-order valence-corrected chi connectivity index (χ2v) is 9.76. The number of carbonyl (C=O) groups is 1. The van der Waals surface area contributed by atoms with Crippen molar-refractivity contribution in [1.82, 2.24) is 0 Å². The van der Waals surface area contributed by atoms with E-state index in [0.29, 0.717) is 52.2 Å². The number of allylic oxidation sites excluding steroid dienone is 1. The molecule has 38 heavy (non-hydrogen) atoms. The highest BCUT2D eigenvalue weighted by Gasteiger charge is 2.38. The van der Waals surface area contributed by atoms with E-state index in [1.165, 1.54) is 0 Å². The molecule has 2 heterocycles. The van der Waals surface area contributed by atoms with E-state index in [-0.39, 0.29) is 18.5 Å². The highest BCUT2D eigenvalue weighted by molar-refractivity contribution is 6.31. The predicted molar refractivity (Wildman–Crippen MR) is 144 cm³/mol. The summed E-state index contributed by atoms with van der Waals surface area (Å²) in [7, 11) is 4.74. The number of nitrogens with one attached hydrogen (secondary N) is 2. The van der Waals surface area contributed by atoms with Gasteiger partial charge in [-0.2, -0.15) is 0 Å². The molecule has 0 fully saturated rings. The first-order valence-electron chi connectivity index (χ1n) is 12.3. The Labute approximate surface area is 225 Å². The number of hydrogen-bond acceptors (Lipinski definition) is 8. The number of carbonyl (C=O) groups excluding carboxylic acids is 1. The molecule has 2 aliphatic heterocycles. The van der Waals surface area contributed by atoms with Gasteiger partial charge < -0.3 is 34.3 Å². The minimum Gasteiger partial charge on any atom is -0.493 e. The van der Waals surface area contributed by atoms with Crippen molar-refractivity contribution >= 4 is 28.8 Å². The maximum absolute atomic E-state index is 14.0. The monoisotopic (exact) mass is 534 g/mol. The van der Waals surface area contributed by atoms with Crippen molar-refractivity contribution in [3.8, 4) is 28.7 Å². The molecule has 3 aromatic rings. The molecule has 9 heteroatoms. The number of ether oxygens (including phenoxy) is 5. The van der Waals surface area contributed by atoms with Crippen molar-refractivity contribution in [2.75, 3.05) is 38.8 Å². The molecule has 1 aliphatic carbocycles. The first-order chi connectivity index (χ1) is 18.5. The van der Waals surface area contributed by atoms with Crippen LogP contribution < -0.4 is 34.3 Å². The minimum atomic E-state index is -0.475. The Morgan fingerprint density at radius 1 is 0.895 bits per heavy atom.